The standard InChI is InChI=1S/C19H32N6O/c1-3-15-24-22-13-25(15)11-10-21-18(20-4-2)23-16-14-7-12-26-17(14)19(16)8-5-6-9-19/h13-14,16-17H,3-12H2,1-2H3,(H2,20,21,23). The highest BCUT2D eigenvalue weighted by Gasteiger charge is 2.65. The fraction of sp³-hybridized carbons (Fsp3) is 0.842. The predicted molar refractivity (Wildman–Crippen MR) is 101 cm³/mol. The predicted octanol–water partition coefficient (Wildman–Crippen LogP) is 1.74. The van der Waals surface area contributed by atoms with Gasteiger partial charge in [-0.3, -0.25) is 4.99 Å². The van der Waals surface area contributed by atoms with E-state index in [1.165, 1.54) is 32.1 Å². The highest BCUT2D eigenvalue weighted by Crippen LogP contribution is 2.60. The van der Waals surface area contributed by atoms with Crippen LogP contribution in [-0.4, -0.2) is 52.6 Å². The maximum atomic E-state index is 6.10. The van der Waals surface area contributed by atoms with Crippen LogP contribution in [0.2, 0.25) is 0 Å². The summed E-state index contributed by atoms with van der Waals surface area (Å²) in [6.45, 7) is 7.58. The van der Waals surface area contributed by atoms with E-state index in [-0.39, 0.29) is 0 Å². The number of hydrogen-bond donors (Lipinski definition) is 2. The number of guanidine groups is 1. The van der Waals surface area contributed by atoms with Crippen LogP contribution in [0, 0.1) is 11.3 Å². The molecule has 1 aromatic rings. The van der Waals surface area contributed by atoms with E-state index in [2.05, 4.69) is 39.2 Å². The van der Waals surface area contributed by atoms with Crippen LogP contribution in [0.5, 0.6) is 0 Å². The van der Waals surface area contributed by atoms with Gasteiger partial charge >= 0.3 is 0 Å². The first kappa shape index (κ1) is 17.8. The normalized spacial score (nSPS) is 29.6. The second-order valence-corrected chi connectivity index (χ2v) is 7.86. The third-order valence-electron chi connectivity index (χ3n) is 6.55. The molecule has 7 nitrogen and oxygen atoms in total. The first-order valence-electron chi connectivity index (χ1n) is 10.3. The average molecular weight is 361 g/mol. The lowest BCUT2D eigenvalue weighted by Gasteiger charge is -2.57. The Bertz CT molecular complexity index is 636. The van der Waals surface area contributed by atoms with E-state index in [0.29, 0.717) is 23.5 Å². The largest absolute Gasteiger partial charge is 0.377 e. The number of aryl methyl sites for hydroxylation is 1. The van der Waals surface area contributed by atoms with Gasteiger partial charge in [-0.1, -0.05) is 19.8 Å². The molecule has 0 amide bonds. The van der Waals surface area contributed by atoms with E-state index < -0.39 is 0 Å². The van der Waals surface area contributed by atoms with Gasteiger partial charge in [0.05, 0.1) is 12.6 Å². The summed E-state index contributed by atoms with van der Waals surface area (Å²) in [5, 5.41) is 15.4. The highest BCUT2D eigenvalue weighted by atomic mass is 16.5. The Morgan fingerprint density at radius 3 is 3.00 bits per heavy atom. The van der Waals surface area contributed by atoms with Crippen molar-refractivity contribution in [3.8, 4) is 0 Å². The minimum atomic E-state index is 0.348. The summed E-state index contributed by atoms with van der Waals surface area (Å²) < 4.78 is 8.19. The Hall–Kier alpha value is -1.63. The van der Waals surface area contributed by atoms with Gasteiger partial charge in [-0.2, -0.15) is 0 Å². The number of nitrogens with one attached hydrogen (secondary N) is 2. The van der Waals surface area contributed by atoms with Gasteiger partial charge in [-0.05, 0) is 26.2 Å². The van der Waals surface area contributed by atoms with E-state index in [4.69, 9.17) is 9.73 Å². The zero-order valence-electron chi connectivity index (χ0n) is 16.1. The van der Waals surface area contributed by atoms with Crippen molar-refractivity contribution in [3.05, 3.63) is 12.2 Å². The molecule has 1 aromatic heterocycles. The molecule has 2 saturated carbocycles. The fourth-order valence-corrected chi connectivity index (χ4v) is 5.38. The van der Waals surface area contributed by atoms with Crippen molar-refractivity contribution < 1.29 is 4.74 Å². The van der Waals surface area contributed by atoms with Crippen LogP contribution < -0.4 is 10.6 Å². The molecular formula is C19H32N6O. The van der Waals surface area contributed by atoms with Gasteiger partial charge in [0.15, 0.2) is 5.96 Å². The van der Waals surface area contributed by atoms with Crippen LogP contribution in [0.15, 0.2) is 11.3 Å². The Balaban J connectivity index is 1.41. The van der Waals surface area contributed by atoms with Crippen molar-refractivity contribution in [2.75, 3.05) is 19.7 Å². The number of fused-ring (bicyclic) bond motifs is 2. The van der Waals surface area contributed by atoms with Gasteiger partial charge < -0.3 is 19.9 Å². The maximum absolute atomic E-state index is 6.10. The molecule has 0 aromatic carbocycles. The first-order chi connectivity index (χ1) is 12.8. The lowest BCUT2D eigenvalue weighted by atomic mass is 9.54. The second-order valence-electron chi connectivity index (χ2n) is 7.86. The topological polar surface area (TPSA) is 76.4 Å². The van der Waals surface area contributed by atoms with E-state index >= 15 is 0 Å². The molecule has 3 aliphatic rings. The Morgan fingerprint density at radius 1 is 1.38 bits per heavy atom. The van der Waals surface area contributed by atoms with Crippen LogP contribution >= 0.6 is 0 Å². The van der Waals surface area contributed by atoms with Gasteiger partial charge in [-0.15, -0.1) is 10.2 Å². The molecule has 2 heterocycles. The van der Waals surface area contributed by atoms with E-state index in [9.17, 15) is 0 Å². The summed E-state index contributed by atoms with van der Waals surface area (Å²) >= 11 is 0. The summed E-state index contributed by atoms with van der Waals surface area (Å²) in [6.07, 6.45) is 9.64. The lowest BCUT2D eigenvalue weighted by molar-refractivity contribution is -0.125. The van der Waals surface area contributed by atoms with Crippen molar-refractivity contribution in [1.82, 2.24) is 25.4 Å². The minimum Gasteiger partial charge on any atom is -0.377 e. The highest BCUT2D eigenvalue weighted by molar-refractivity contribution is 5.80. The van der Waals surface area contributed by atoms with Crippen molar-refractivity contribution in [1.29, 1.82) is 0 Å². The molecule has 144 valence electrons. The quantitative estimate of drug-likeness (QED) is 0.597. The van der Waals surface area contributed by atoms with Crippen molar-refractivity contribution in [2.45, 2.75) is 71.1 Å². The molecule has 0 radical (unpaired) electrons. The van der Waals surface area contributed by atoms with Crippen LogP contribution in [0.4, 0.5) is 0 Å². The maximum Gasteiger partial charge on any atom is 0.191 e. The Labute approximate surface area is 156 Å². The van der Waals surface area contributed by atoms with E-state index in [0.717, 1.165) is 44.4 Å². The number of aromatic nitrogens is 3. The molecule has 3 atom stereocenters. The van der Waals surface area contributed by atoms with E-state index in [1.807, 2.05) is 0 Å². The zero-order valence-corrected chi connectivity index (χ0v) is 16.1. The number of hydrogen-bond acceptors (Lipinski definition) is 4. The van der Waals surface area contributed by atoms with Crippen molar-refractivity contribution >= 4 is 5.96 Å². The molecule has 2 N–H and O–H groups in total. The lowest BCUT2D eigenvalue weighted by Crippen LogP contribution is -2.69. The second kappa shape index (κ2) is 7.55. The third kappa shape index (κ3) is 3.00. The van der Waals surface area contributed by atoms with Gasteiger partial charge in [-0.25, -0.2) is 0 Å². The molecule has 1 spiro atoms. The Morgan fingerprint density at radius 2 is 2.23 bits per heavy atom. The molecule has 1 saturated heterocycles. The van der Waals surface area contributed by atoms with Gasteiger partial charge in [0, 0.05) is 43.5 Å². The summed E-state index contributed by atoms with van der Waals surface area (Å²) in [7, 11) is 0. The first-order valence-corrected chi connectivity index (χ1v) is 10.3. The van der Waals surface area contributed by atoms with Crippen molar-refractivity contribution in [3.63, 3.8) is 0 Å². The Kier molecular flexibility index (Phi) is 5.16. The minimum absolute atomic E-state index is 0.348. The SMILES string of the molecule is CCNC(=NCCn1cnnc1CC)NC1C2CCOC2C12CCCC2. The van der Waals surface area contributed by atoms with Crippen LogP contribution in [0.3, 0.4) is 0 Å². The number of rotatable bonds is 6. The fourth-order valence-electron chi connectivity index (χ4n) is 5.38. The number of aliphatic imine (C=N–C) groups is 1. The molecule has 0 bridgehead atoms. The van der Waals surface area contributed by atoms with Gasteiger partial charge in [0.2, 0.25) is 0 Å². The molecule has 26 heavy (non-hydrogen) atoms. The third-order valence-corrected chi connectivity index (χ3v) is 6.55. The summed E-state index contributed by atoms with van der Waals surface area (Å²) in [4.78, 5) is 4.83. The van der Waals surface area contributed by atoms with Crippen LogP contribution in [-0.2, 0) is 17.7 Å². The van der Waals surface area contributed by atoms with Crippen LogP contribution in [0.25, 0.3) is 0 Å². The smallest absolute Gasteiger partial charge is 0.191 e. The van der Waals surface area contributed by atoms with Gasteiger partial charge in [0.1, 0.15) is 12.2 Å². The molecule has 4 rings (SSSR count). The molecular weight excluding hydrogens is 328 g/mol. The average Bonchev–Trinajstić information content (AvgIpc) is 3.38. The summed E-state index contributed by atoms with van der Waals surface area (Å²) in [5.41, 5.74) is 0.348. The van der Waals surface area contributed by atoms with E-state index in [1.54, 1.807) is 6.33 Å². The molecule has 3 unspecified atom stereocenters. The van der Waals surface area contributed by atoms with Gasteiger partial charge in [0.25, 0.3) is 0 Å². The molecule has 7 heteroatoms. The summed E-state index contributed by atoms with van der Waals surface area (Å²) in [6, 6.07) is 0.511. The van der Waals surface area contributed by atoms with Crippen molar-refractivity contribution in [2.24, 2.45) is 16.3 Å². The number of nitrogens with zero attached hydrogens (tertiary/aromatic N) is 4. The molecule has 3 fully saturated rings. The summed E-state index contributed by atoms with van der Waals surface area (Å²) in [5.74, 6) is 2.62. The molecule has 1 aliphatic heterocycles. The van der Waals surface area contributed by atoms with Crippen LogP contribution in [0.1, 0.15) is 51.8 Å². The monoisotopic (exact) mass is 360 g/mol. The molecule has 2 aliphatic carbocycles. The zero-order chi connectivity index (χ0) is 18.0. The number of ether oxygens (including phenoxy) is 1.